The van der Waals surface area contributed by atoms with Crippen molar-refractivity contribution in [3.8, 4) is 5.75 Å². The van der Waals surface area contributed by atoms with Crippen LogP contribution in [0.5, 0.6) is 5.75 Å². The number of nitrogens with one attached hydrogen (secondary N) is 1. The Kier molecular flexibility index (Phi) is 5.11. The zero-order valence-electron chi connectivity index (χ0n) is 10.0. The first-order valence-electron chi connectivity index (χ1n) is 5.40. The lowest BCUT2D eigenvalue weighted by Gasteiger charge is -2.06. The summed E-state index contributed by atoms with van der Waals surface area (Å²) >= 11 is 0. The fourth-order valence-electron chi connectivity index (χ4n) is 1.27. The van der Waals surface area contributed by atoms with Crippen molar-refractivity contribution in [3.63, 3.8) is 0 Å². The van der Waals surface area contributed by atoms with Gasteiger partial charge < -0.3 is 10.1 Å². The Morgan fingerprint density at radius 3 is 2.44 bits per heavy atom. The number of ether oxygens (including phenoxy) is 1. The highest BCUT2D eigenvalue weighted by Gasteiger charge is 2.06. The molecule has 3 N–H and O–H groups in total. The van der Waals surface area contributed by atoms with Gasteiger partial charge in [0.1, 0.15) is 5.75 Å². The standard InChI is InChI=1S/C11H16N2O4S/c1-13-11(14)3-2-8-17-9-4-6-10(7-5-9)18(12,15)16/h4-7H,2-3,8H2,1H3,(H,13,14)(H2,12,15,16). The molecule has 0 fully saturated rings. The summed E-state index contributed by atoms with van der Waals surface area (Å²) in [4.78, 5) is 11.0. The number of hydrogen-bond acceptors (Lipinski definition) is 4. The van der Waals surface area contributed by atoms with E-state index in [1.807, 2.05) is 0 Å². The van der Waals surface area contributed by atoms with Crippen molar-refractivity contribution in [2.45, 2.75) is 17.7 Å². The van der Waals surface area contributed by atoms with Crippen LogP contribution < -0.4 is 15.2 Å². The fraction of sp³-hybridized carbons (Fsp3) is 0.364. The third-order valence-electron chi connectivity index (χ3n) is 2.25. The molecular formula is C11H16N2O4S. The molecule has 0 atom stereocenters. The summed E-state index contributed by atoms with van der Waals surface area (Å²) in [5, 5.41) is 7.48. The lowest BCUT2D eigenvalue weighted by atomic mass is 10.3. The Hall–Kier alpha value is -1.60. The van der Waals surface area contributed by atoms with Crippen LogP contribution in [-0.4, -0.2) is 28.0 Å². The minimum absolute atomic E-state index is 0.0387. The number of carbonyl (C=O) groups is 1. The molecule has 1 rings (SSSR count). The summed E-state index contributed by atoms with van der Waals surface area (Å²) in [5.41, 5.74) is 0. The van der Waals surface area contributed by atoms with E-state index in [-0.39, 0.29) is 10.8 Å². The molecule has 0 spiro atoms. The van der Waals surface area contributed by atoms with E-state index in [9.17, 15) is 13.2 Å². The molecule has 0 aliphatic carbocycles. The van der Waals surface area contributed by atoms with Crippen LogP contribution in [0.2, 0.25) is 0 Å². The van der Waals surface area contributed by atoms with Crippen molar-refractivity contribution >= 4 is 15.9 Å². The Balaban J connectivity index is 2.43. The number of benzene rings is 1. The summed E-state index contributed by atoms with van der Waals surface area (Å²) in [6, 6.07) is 5.81. The first-order chi connectivity index (χ1) is 8.43. The molecule has 1 aromatic rings. The average molecular weight is 272 g/mol. The predicted molar refractivity (Wildman–Crippen MR) is 66.6 cm³/mol. The first kappa shape index (κ1) is 14.5. The zero-order valence-corrected chi connectivity index (χ0v) is 10.9. The van der Waals surface area contributed by atoms with E-state index < -0.39 is 10.0 Å². The Bertz CT molecular complexity index is 496. The van der Waals surface area contributed by atoms with Gasteiger partial charge in [-0.15, -0.1) is 0 Å². The minimum Gasteiger partial charge on any atom is -0.494 e. The molecule has 100 valence electrons. The summed E-state index contributed by atoms with van der Waals surface area (Å²) in [7, 11) is -2.09. The summed E-state index contributed by atoms with van der Waals surface area (Å²) in [6.45, 7) is 0.391. The number of sulfonamides is 1. The monoisotopic (exact) mass is 272 g/mol. The molecule has 1 amide bonds. The van der Waals surface area contributed by atoms with Gasteiger partial charge in [0.2, 0.25) is 15.9 Å². The maximum Gasteiger partial charge on any atom is 0.238 e. The molecule has 7 heteroatoms. The molecule has 0 radical (unpaired) electrons. The number of rotatable bonds is 6. The van der Waals surface area contributed by atoms with E-state index in [1.165, 1.54) is 24.3 Å². The van der Waals surface area contributed by atoms with Gasteiger partial charge in [-0.2, -0.15) is 0 Å². The second-order valence-corrected chi connectivity index (χ2v) is 5.20. The fourth-order valence-corrected chi connectivity index (χ4v) is 1.79. The van der Waals surface area contributed by atoms with E-state index in [1.54, 1.807) is 7.05 Å². The normalized spacial score (nSPS) is 11.0. The van der Waals surface area contributed by atoms with Gasteiger partial charge in [0.15, 0.2) is 0 Å². The van der Waals surface area contributed by atoms with Gasteiger partial charge in [0, 0.05) is 13.5 Å². The van der Waals surface area contributed by atoms with Crippen molar-refractivity contribution in [2.75, 3.05) is 13.7 Å². The summed E-state index contributed by atoms with van der Waals surface area (Å²) in [6.07, 6.45) is 0.988. The number of carbonyl (C=O) groups excluding carboxylic acids is 1. The van der Waals surface area contributed by atoms with Crippen molar-refractivity contribution in [1.29, 1.82) is 0 Å². The molecule has 0 aliphatic rings. The quantitative estimate of drug-likeness (QED) is 0.725. The maximum absolute atomic E-state index is 11.0. The second-order valence-electron chi connectivity index (χ2n) is 3.64. The van der Waals surface area contributed by atoms with Crippen LogP contribution in [0.1, 0.15) is 12.8 Å². The molecule has 0 aromatic heterocycles. The molecule has 0 heterocycles. The predicted octanol–water partition coefficient (Wildman–Crippen LogP) is 0.239. The van der Waals surface area contributed by atoms with Gasteiger partial charge in [0.05, 0.1) is 11.5 Å². The first-order valence-corrected chi connectivity index (χ1v) is 6.94. The molecule has 0 saturated heterocycles. The largest absolute Gasteiger partial charge is 0.494 e. The highest BCUT2D eigenvalue weighted by atomic mass is 32.2. The Labute approximate surface area is 106 Å². The van der Waals surface area contributed by atoms with Crippen molar-refractivity contribution in [2.24, 2.45) is 5.14 Å². The molecule has 18 heavy (non-hydrogen) atoms. The lowest BCUT2D eigenvalue weighted by molar-refractivity contribution is -0.120. The van der Waals surface area contributed by atoms with Crippen LogP contribution in [-0.2, 0) is 14.8 Å². The lowest BCUT2D eigenvalue weighted by Crippen LogP contribution is -2.18. The van der Waals surface area contributed by atoms with Gasteiger partial charge in [-0.3, -0.25) is 4.79 Å². The van der Waals surface area contributed by atoms with E-state index in [0.29, 0.717) is 25.2 Å². The van der Waals surface area contributed by atoms with Crippen molar-refractivity contribution in [3.05, 3.63) is 24.3 Å². The average Bonchev–Trinajstić information content (AvgIpc) is 2.33. The molecule has 6 nitrogen and oxygen atoms in total. The number of primary sulfonamides is 1. The second kappa shape index (κ2) is 6.36. The molecule has 0 aliphatic heterocycles. The van der Waals surface area contributed by atoms with Crippen LogP contribution in [0, 0.1) is 0 Å². The third kappa shape index (κ3) is 4.72. The van der Waals surface area contributed by atoms with Crippen LogP contribution in [0.15, 0.2) is 29.2 Å². The van der Waals surface area contributed by atoms with Crippen LogP contribution in [0.3, 0.4) is 0 Å². The van der Waals surface area contributed by atoms with Crippen LogP contribution in [0.25, 0.3) is 0 Å². The maximum atomic E-state index is 11.0. The number of amides is 1. The van der Waals surface area contributed by atoms with E-state index in [0.717, 1.165) is 0 Å². The molecule has 0 saturated carbocycles. The minimum atomic E-state index is -3.67. The number of nitrogens with two attached hydrogens (primary N) is 1. The van der Waals surface area contributed by atoms with Crippen molar-refractivity contribution in [1.82, 2.24) is 5.32 Å². The third-order valence-corrected chi connectivity index (χ3v) is 3.18. The molecular weight excluding hydrogens is 256 g/mol. The van der Waals surface area contributed by atoms with Gasteiger partial charge in [0.25, 0.3) is 0 Å². The highest BCUT2D eigenvalue weighted by Crippen LogP contribution is 2.15. The van der Waals surface area contributed by atoms with Crippen LogP contribution >= 0.6 is 0 Å². The smallest absolute Gasteiger partial charge is 0.238 e. The van der Waals surface area contributed by atoms with Crippen molar-refractivity contribution < 1.29 is 17.9 Å². The van der Waals surface area contributed by atoms with Gasteiger partial charge in [-0.1, -0.05) is 0 Å². The molecule has 0 unspecified atom stereocenters. The van der Waals surface area contributed by atoms with Gasteiger partial charge in [-0.25, -0.2) is 13.6 Å². The topological polar surface area (TPSA) is 98.5 Å². The molecule has 0 bridgehead atoms. The van der Waals surface area contributed by atoms with Gasteiger partial charge in [-0.05, 0) is 30.7 Å². The SMILES string of the molecule is CNC(=O)CCCOc1ccc(S(N)(=O)=O)cc1. The van der Waals surface area contributed by atoms with E-state index in [2.05, 4.69) is 5.32 Å². The van der Waals surface area contributed by atoms with Crippen LogP contribution in [0.4, 0.5) is 0 Å². The van der Waals surface area contributed by atoms with E-state index in [4.69, 9.17) is 9.88 Å². The van der Waals surface area contributed by atoms with Gasteiger partial charge >= 0.3 is 0 Å². The molecule has 1 aromatic carbocycles. The summed E-state index contributed by atoms with van der Waals surface area (Å²) in [5.74, 6) is 0.502. The summed E-state index contributed by atoms with van der Waals surface area (Å²) < 4.78 is 27.4. The zero-order chi connectivity index (χ0) is 13.6. The Morgan fingerprint density at radius 2 is 1.94 bits per heavy atom. The van der Waals surface area contributed by atoms with E-state index >= 15 is 0 Å². The Morgan fingerprint density at radius 1 is 1.33 bits per heavy atom. The highest BCUT2D eigenvalue weighted by molar-refractivity contribution is 7.89. The number of hydrogen-bond donors (Lipinski definition) is 2.